The summed E-state index contributed by atoms with van der Waals surface area (Å²) < 4.78 is 0. The van der Waals surface area contributed by atoms with Gasteiger partial charge in [0.1, 0.15) is 5.01 Å². The summed E-state index contributed by atoms with van der Waals surface area (Å²) in [6, 6.07) is 0.717. The van der Waals surface area contributed by atoms with Crippen LogP contribution in [0.1, 0.15) is 48.9 Å². The molecule has 1 heterocycles. The number of aryl methyl sites for hydroxylation is 1. The second-order valence-electron chi connectivity index (χ2n) is 5.06. The van der Waals surface area contributed by atoms with Gasteiger partial charge in [-0.05, 0) is 32.1 Å². The van der Waals surface area contributed by atoms with Crippen molar-refractivity contribution in [3.05, 3.63) is 16.1 Å². The van der Waals surface area contributed by atoms with Gasteiger partial charge in [-0.2, -0.15) is 0 Å². The highest BCUT2D eigenvalue weighted by molar-refractivity contribution is 7.11. The summed E-state index contributed by atoms with van der Waals surface area (Å²) in [5, 5.41) is 4.89. The summed E-state index contributed by atoms with van der Waals surface area (Å²) in [5.74, 6) is 0.925. The molecule has 1 aromatic rings. The third-order valence-corrected chi connectivity index (χ3v) is 4.38. The summed E-state index contributed by atoms with van der Waals surface area (Å²) >= 11 is 1.81. The molecule has 1 N–H and O–H groups in total. The highest BCUT2D eigenvalue weighted by Crippen LogP contribution is 2.23. The first kappa shape index (κ1) is 12.1. The molecule has 1 saturated carbocycles. The SMILES string of the molecule is Cc1cnc(CNC2CCCC(C)CC2)s1. The smallest absolute Gasteiger partial charge is 0.107 e. The first-order chi connectivity index (χ1) is 7.74. The van der Waals surface area contributed by atoms with Crippen molar-refractivity contribution < 1.29 is 0 Å². The molecule has 0 aromatic carbocycles. The van der Waals surface area contributed by atoms with Crippen molar-refractivity contribution in [2.75, 3.05) is 0 Å². The van der Waals surface area contributed by atoms with E-state index in [9.17, 15) is 0 Å². The molecule has 3 heteroatoms. The zero-order chi connectivity index (χ0) is 11.4. The molecule has 0 saturated heterocycles. The third-order valence-electron chi connectivity index (χ3n) is 3.47. The van der Waals surface area contributed by atoms with Crippen LogP contribution in [0.4, 0.5) is 0 Å². The predicted molar refractivity (Wildman–Crippen MR) is 69.7 cm³/mol. The van der Waals surface area contributed by atoms with Crippen molar-refractivity contribution >= 4 is 11.3 Å². The molecule has 0 amide bonds. The molecule has 2 unspecified atom stereocenters. The van der Waals surface area contributed by atoms with Crippen LogP contribution in [0.15, 0.2) is 6.20 Å². The van der Waals surface area contributed by atoms with Crippen LogP contribution in [0, 0.1) is 12.8 Å². The molecule has 1 fully saturated rings. The lowest BCUT2D eigenvalue weighted by Crippen LogP contribution is -2.27. The first-order valence-electron chi connectivity index (χ1n) is 6.38. The first-order valence-corrected chi connectivity index (χ1v) is 7.20. The lowest BCUT2D eigenvalue weighted by atomic mass is 10.0. The fourth-order valence-corrected chi connectivity index (χ4v) is 3.14. The number of hydrogen-bond acceptors (Lipinski definition) is 3. The average Bonchev–Trinajstić information content (AvgIpc) is 2.56. The third kappa shape index (κ3) is 3.56. The molecular formula is C13H22N2S. The Labute approximate surface area is 102 Å². The van der Waals surface area contributed by atoms with Gasteiger partial charge in [-0.25, -0.2) is 4.98 Å². The van der Waals surface area contributed by atoms with Gasteiger partial charge in [-0.1, -0.05) is 19.8 Å². The molecule has 2 atom stereocenters. The van der Waals surface area contributed by atoms with Gasteiger partial charge < -0.3 is 5.32 Å². The number of nitrogens with one attached hydrogen (secondary N) is 1. The number of thiazole rings is 1. The van der Waals surface area contributed by atoms with Gasteiger partial charge in [0, 0.05) is 23.7 Å². The second-order valence-corrected chi connectivity index (χ2v) is 6.38. The zero-order valence-electron chi connectivity index (χ0n) is 10.3. The van der Waals surface area contributed by atoms with Crippen LogP contribution in [0.3, 0.4) is 0 Å². The average molecular weight is 238 g/mol. The highest BCUT2D eigenvalue weighted by Gasteiger charge is 2.15. The fraction of sp³-hybridized carbons (Fsp3) is 0.769. The molecular weight excluding hydrogens is 216 g/mol. The van der Waals surface area contributed by atoms with Crippen LogP contribution < -0.4 is 5.32 Å². The normalized spacial score (nSPS) is 26.6. The van der Waals surface area contributed by atoms with Crippen molar-refractivity contribution in [3.63, 3.8) is 0 Å². The Bertz CT molecular complexity index is 321. The van der Waals surface area contributed by atoms with Crippen LogP contribution in [0.25, 0.3) is 0 Å². The molecule has 0 aliphatic heterocycles. The number of aromatic nitrogens is 1. The number of hydrogen-bond donors (Lipinski definition) is 1. The molecule has 0 bridgehead atoms. The Morgan fingerprint density at radius 2 is 2.25 bits per heavy atom. The summed E-state index contributed by atoms with van der Waals surface area (Å²) in [5.41, 5.74) is 0. The lowest BCUT2D eigenvalue weighted by molar-refractivity contribution is 0.447. The molecule has 1 aliphatic rings. The minimum atomic E-state index is 0.717. The van der Waals surface area contributed by atoms with Crippen molar-refractivity contribution in [1.82, 2.24) is 10.3 Å². The maximum Gasteiger partial charge on any atom is 0.107 e. The summed E-state index contributed by atoms with van der Waals surface area (Å²) in [7, 11) is 0. The monoisotopic (exact) mass is 238 g/mol. The summed E-state index contributed by atoms with van der Waals surface area (Å²) in [6.45, 7) is 5.46. The van der Waals surface area contributed by atoms with E-state index in [0.29, 0.717) is 6.04 Å². The van der Waals surface area contributed by atoms with Crippen molar-refractivity contribution in [2.45, 2.75) is 58.5 Å². The van der Waals surface area contributed by atoms with Crippen molar-refractivity contribution in [1.29, 1.82) is 0 Å². The maximum atomic E-state index is 4.39. The van der Waals surface area contributed by atoms with E-state index < -0.39 is 0 Å². The molecule has 1 aliphatic carbocycles. The minimum absolute atomic E-state index is 0.717. The van der Waals surface area contributed by atoms with Gasteiger partial charge >= 0.3 is 0 Å². The summed E-state index contributed by atoms with van der Waals surface area (Å²) in [6.07, 6.45) is 8.83. The van der Waals surface area contributed by atoms with Gasteiger partial charge in [-0.15, -0.1) is 11.3 Å². The molecule has 2 nitrogen and oxygen atoms in total. The zero-order valence-corrected chi connectivity index (χ0v) is 11.1. The quantitative estimate of drug-likeness (QED) is 0.815. The number of nitrogens with zero attached hydrogens (tertiary/aromatic N) is 1. The standard InChI is InChI=1S/C13H22N2S/c1-10-4-3-5-12(7-6-10)14-9-13-15-8-11(2)16-13/h8,10,12,14H,3-7,9H2,1-2H3. The van der Waals surface area contributed by atoms with Crippen LogP contribution in [-0.2, 0) is 6.54 Å². The molecule has 2 rings (SSSR count). The molecule has 16 heavy (non-hydrogen) atoms. The maximum absolute atomic E-state index is 4.39. The van der Waals surface area contributed by atoms with E-state index in [0.717, 1.165) is 12.5 Å². The molecule has 0 spiro atoms. The van der Waals surface area contributed by atoms with E-state index in [-0.39, 0.29) is 0 Å². The fourth-order valence-electron chi connectivity index (χ4n) is 2.41. The predicted octanol–water partition coefficient (Wildman–Crippen LogP) is 3.51. The Morgan fingerprint density at radius 1 is 1.38 bits per heavy atom. The van der Waals surface area contributed by atoms with Crippen molar-refractivity contribution in [3.8, 4) is 0 Å². The molecule has 90 valence electrons. The second kappa shape index (κ2) is 5.78. The van der Waals surface area contributed by atoms with E-state index in [2.05, 4.69) is 24.1 Å². The Kier molecular flexibility index (Phi) is 4.36. The largest absolute Gasteiger partial charge is 0.308 e. The lowest BCUT2D eigenvalue weighted by Gasteiger charge is -2.15. The number of rotatable bonds is 3. The summed E-state index contributed by atoms with van der Waals surface area (Å²) in [4.78, 5) is 5.71. The van der Waals surface area contributed by atoms with Gasteiger partial charge in [0.2, 0.25) is 0 Å². The molecule has 0 radical (unpaired) electrons. The van der Waals surface area contributed by atoms with E-state index in [4.69, 9.17) is 0 Å². The highest BCUT2D eigenvalue weighted by atomic mass is 32.1. The van der Waals surface area contributed by atoms with Gasteiger partial charge in [0.05, 0.1) is 0 Å². The van der Waals surface area contributed by atoms with Gasteiger partial charge in [0.25, 0.3) is 0 Å². The van der Waals surface area contributed by atoms with Crippen LogP contribution in [0.2, 0.25) is 0 Å². The van der Waals surface area contributed by atoms with E-state index in [1.165, 1.54) is 42.0 Å². The Balaban J connectivity index is 1.77. The van der Waals surface area contributed by atoms with Crippen LogP contribution in [0.5, 0.6) is 0 Å². The van der Waals surface area contributed by atoms with Crippen molar-refractivity contribution in [2.24, 2.45) is 5.92 Å². The van der Waals surface area contributed by atoms with E-state index >= 15 is 0 Å². The topological polar surface area (TPSA) is 24.9 Å². The van der Waals surface area contributed by atoms with Gasteiger partial charge in [-0.3, -0.25) is 0 Å². The van der Waals surface area contributed by atoms with Gasteiger partial charge in [0.15, 0.2) is 0 Å². The van der Waals surface area contributed by atoms with Crippen LogP contribution >= 0.6 is 11.3 Å². The van der Waals surface area contributed by atoms with E-state index in [1.54, 1.807) is 0 Å². The Morgan fingerprint density at radius 3 is 3.00 bits per heavy atom. The minimum Gasteiger partial charge on any atom is -0.308 e. The molecule has 1 aromatic heterocycles. The Hall–Kier alpha value is -0.410. The van der Waals surface area contributed by atoms with Crippen LogP contribution in [-0.4, -0.2) is 11.0 Å². The van der Waals surface area contributed by atoms with E-state index in [1.807, 2.05) is 17.5 Å².